The van der Waals surface area contributed by atoms with Gasteiger partial charge in [0, 0.05) is 0 Å². The minimum absolute atomic E-state index is 0.496. The van der Waals surface area contributed by atoms with Crippen molar-refractivity contribution in [2.45, 2.75) is 89.9 Å². The van der Waals surface area contributed by atoms with Gasteiger partial charge in [0.05, 0.1) is 8.80 Å². The Morgan fingerprint density at radius 2 is 1.22 bits per heavy atom. The van der Waals surface area contributed by atoms with Gasteiger partial charge in [0.2, 0.25) is 0 Å². The summed E-state index contributed by atoms with van der Waals surface area (Å²) in [7, 11) is 4.02. The molecule has 2 heteroatoms. The Balaban J connectivity index is 3.33. The summed E-state index contributed by atoms with van der Waals surface area (Å²) in [4.78, 5) is 2.46. The van der Waals surface area contributed by atoms with Crippen molar-refractivity contribution < 1.29 is 0 Å². The molecule has 0 aliphatic carbocycles. The summed E-state index contributed by atoms with van der Waals surface area (Å²) in [5.74, 6) is 0. The van der Waals surface area contributed by atoms with Gasteiger partial charge in [0.15, 0.2) is 0 Å². The zero-order chi connectivity index (χ0) is 13.8. The molecule has 1 nitrogen and oxygen atoms in total. The Labute approximate surface area is 118 Å². The number of hydrogen-bond acceptors (Lipinski definition) is 1. The van der Waals surface area contributed by atoms with Crippen LogP contribution in [0.3, 0.4) is 0 Å². The fourth-order valence-corrected chi connectivity index (χ4v) is 4.95. The fourth-order valence-electron chi connectivity index (χ4n) is 2.85. The molecule has 0 aliphatic rings. The first-order valence-electron chi connectivity index (χ1n) is 8.26. The monoisotopic (exact) mass is 271 g/mol. The van der Waals surface area contributed by atoms with Crippen LogP contribution in [0.1, 0.15) is 71.1 Å². The molecule has 0 spiro atoms. The summed E-state index contributed by atoms with van der Waals surface area (Å²) in [6.45, 7) is 7.26. The molecule has 0 saturated heterocycles. The lowest BCUT2D eigenvalue weighted by Gasteiger charge is -2.27. The second kappa shape index (κ2) is 12.2. The fraction of sp³-hybridized carbons (Fsp3) is 1.00. The molecule has 0 saturated carbocycles. The maximum absolute atomic E-state index is 2.48. The van der Waals surface area contributed by atoms with Crippen molar-refractivity contribution in [3.63, 3.8) is 0 Å². The van der Waals surface area contributed by atoms with Crippen LogP contribution < -0.4 is 0 Å². The summed E-state index contributed by atoms with van der Waals surface area (Å²) in [6, 6.07) is 0. The average molecular weight is 272 g/mol. The topological polar surface area (TPSA) is 3.24 Å². The SMILES string of the molecule is CCCCCCCCCCCC(N(C)C)[SiH](C)C. The van der Waals surface area contributed by atoms with E-state index >= 15 is 0 Å². The Morgan fingerprint density at radius 1 is 0.778 bits per heavy atom. The van der Waals surface area contributed by atoms with Gasteiger partial charge < -0.3 is 4.90 Å². The van der Waals surface area contributed by atoms with Crippen molar-refractivity contribution in [3.8, 4) is 0 Å². The van der Waals surface area contributed by atoms with Gasteiger partial charge in [0.25, 0.3) is 0 Å². The second-order valence-electron chi connectivity index (χ2n) is 6.39. The molecular weight excluding hydrogens is 234 g/mol. The molecule has 0 rings (SSSR count). The van der Waals surface area contributed by atoms with Gasteiger partial charge in [-0.2, -0.15) is 0 Å². The molecular formula is C16H37NSi. The summed E-state index contributed by atoms with van der Waals surface area (Å²) in [5.41, 5.74) is 0.912. The van der Waals surface area contributed by atoms with E-state index in [0.29, 0.717) is 0 Å². The van der Waals surface area contributed by atoms with Crippen LogP contribution in [0, 0.1) is 0 Å². The zero-order valence-electron chi connectivity index (χ0n) is 13.7. The van der Waals surface area contributed by atoms with E-state index in [-0.39, 0.29) is 0 Å². The Morgan fingerprint density at radius 3 is 1.61 bits per heavy atom. The van der Waals surface area contributed by atoms with Crippen LogP contribution in [-0.2, 0) is 0 Å². The highest BCUT2D eigenvalue weighted by atomic mass is 28.3. The van der Waals surface area contributed by atoms with Crippen molar-refractivity contribution in [2.75, 3.05) is 14.1 Å². The Hall–Kier alpha value is 0.177. The lowest BCUT2D eigenvalue weighted by Crippen LogP contribution is -2.38. The van der Waals surface area contributed by atoms with E-state index in [1.165, 1.54) is 64.2 Å². The molecule has 0 fully saturated rings. The summed E-state index contributed by atoms with van der Waals surface area (Å²) in [5, 5.41) is 0. The van der Waals surface area contributed by atoms with E-state index < -0.39 is 8.80 Å². The number of rotatable bonds is 12. The zero-order valence-corrected chi connectivity index (χ0v) is 14.8. The van der Waals surface area contributed by atoms with Crippen molar-refractivity contribution in [1.82, 2.24) is 4.90 Å². The average Bonchev–Trinajstić information content (AvgIpc) is 2.30. The van der Waals surface area contributed by atoms with Crippen molar-refractivity contribution in [1.29, 1.82) is 0 Å². The van der Waals surface area contributed by atoms with Crippen LogP contribution in [0.5, 0.6) is 0 Å². The van der Waals surface area contributed by atoms with E-state index in [2.05, 4.69) is 39.0 Å². The van der Waals surface area contributed by atoms with E-state index in [1.807, 2.05) is 0 Å². The van der Waals surface area contributed by atoms with E-state index in [9.17, 15) is 0 Å². The summed E-state index contributed by atoms with van der Waals surface area (Å²) >= 11 is 0. The molecule has 110 valence electrons. The van der Waals surface area contributed by atoms with Crippen molar-refractivity contribution >= 4 is 8.80 Å². The molecule has 0 amide bonds. The Bertz CT molecular complexity index is 160. The second-order valence-corrected chi connectivity index (χ2v) is 9.65. The van der Waals surface area contributed by atoms with Gasteiger partial charge in [-0.3, -0.25) is 0 Å². The van der Waals surface area contributed by atoms with Crippen LogP contribution in [0.25, 0.3) is 0 Å². The van der Waals surface area contributed by atoms with E-state index in [0.717, 1.165) is 5.67 Å². The molecule has 1 atom stereocenters. The standard InChI is InChI=1S/C16H37NSi/c1-6-7-8-9-10-11-12-13-14-15-16(17(2)3)18(4)5/h16,18H,6-15H2,1-5H3. The normalized spacial score (nSPS) is 13.5. The minimum atomic E-state index is -0.496. The molecule has 1 unspecified atom stereocenters. The third-order valence-corrected chi connectivity index (χ3v) is 6.50. The van der Waals surface area contributed by atoms with Gasteiger partial charge >= 0.3 is 0 Å². The van der Waals surface area contributed by atoms with Crippen LogP contribution >= 0.6 is 0 Å². The van der Waals surface area contributed by atoms with Crippen LogP contribution in [0.15, 0.2) is 0 Å². The lowest BCUT2D eigenvalue weighted by atomic mass is 10.1. The highest BCUT2D eigenvalue weighted by molar-refractivity contribution is 6.57. The first-order valence-corrected chi connectivity index (χ1v) is 11.2. The van der Waals surface area contributed by atoms with Crippen molar-refractivity contribution in [2.24, 2.45) is 0 Å². The minimum Gasteiger partial charge on any atom is -0.310 e. The largest absolute Gasteiger partial charge is 0.310 e. The van der Waals surface area contributed by atoms with Crippen molar-refractivity contribution in [3.05, 3.63) is 0 Å². The van der Waals surface area contributed by atoms with Gasteiger partial charge in [-0.25, -0.2) is 0 Å². The first kappa shape index (κ1) is 18.2. The molecule has 0 aromatic heterocycles. The maximum Gasteiger partial charge on any atom is 0.0508 e. The smallest absolute Gasteiger partial charge is 0.0508 e. The quantitative estimate of drug-likeness (QED) is 0.362. The van der Waals surface area contributed by atoms with Gasteiger partial charge in [0.1, 0.15) is 0 Å². The number of nitrogens with zero attached hydrogens (tertiary/aromatic N) is 1. The molecule has 0 radical (unpaired) electrons. The number of unbranched alkanes of at least 4 members (excludes halogenated alkanes) is 8. The predicted molar refractivity (Wildman–Crippen MR) is 88.2 cm³/mol. The van der Waals surface area contributed by atoms with E-state index in [1.54, 1.807) is 0 Å². The number of hydrogen-bond donors (Lipinski definition) is 0. The molecule has 0 N–H and O–H groups in total. The molecule has 0 aromatic carbocycles. The highest BCUT2D eigenvalue weighted by Crippen LogP contribution is 2.14. The molecule has 0 aliphatic heterocycles. The third kappa shape index (κ3) is 10.1. The molecule has 0 bridgehead atoms. The lowest BCUT2D eigenvalue weighted by molar-refractivity contribution is 0.343. The third-order valence-electron chi connectivity index (χ3n) is 4.04. The summed E-state index contributed by atoms with van der Waals surface area (Å²) < 4.78 is 0. The highest BCUT2D eigenvalue weighted by Gasteiger charge is 2.15. The van der Waals surface area contributed by atoms with Gasteiger partial charge in [-0.15, -0.1) is 0 Å². The van der Waals surface area contributed by atoms with E-state index in [4.69, 9.17) is 0 Å². The maximum atomic E-state index is 2.48. The molecule has 0 heterocycles. The molecule has 18 heavy (non-hydrogen) atoms. The van der Waals surface area contributed by atoms with Gasteiger partial charge in [-0.1, -0.05) is 77.8 Å². The first-order chi connectivity index (χ1) is 8.59. The summed E-state index contributed by atoms with van der Waals surface area (Å²) in [6.07, 6.45) is 14.5. The Kier molecular flexibility index (Phi) is 12.3. The van der Waals surface area contributed by atoms with Gasteiger partial charge in [-0.05, 0) is 26.2 Å². The molecule has 0 aromatic rings. The predicted octanol–water partition coefficient (Wildman–Crippen LogP) is 4.86. The van der Waals surface area contributed by atoms with Crippen LogP contribution in [-0.4, -0.2) is 33.5 Å². The van der Waals surface area contributed by atoms with Crippen LogP contribution in [0.2, 0.25) is 13.1 Å². The van der Waals surface area contributed by atoms with Crippen LogP contribution in [0.4, 0.5) is 0 Å².